The lowest BCUT2D eigenvalue weighted by atomic mass is 10.1. The van der Waals surface area contributed by atoms with Gasteiger partial charge in [-0.25, -0.2) is 15.0 Å². The van der Waals surface area contributed by atoms with E-state index in [2.05, 4.69) is 15.0 Å². The van der Waals surface area contributed by atoms with E-state index in [-0.39, 0.29) is 5.82 Å². The van der Waals surface area contributed by atoms with E-state index in [1.807, 2.05) is 4.90 Å². The summed E-state index contributed by atoms with van der Waals surface area (Å²) in [5, 5.41) is 29.9. The molecule has 25 heavy (non-hydrogen) atoms. The zero-order valence-electron chi connectivity index (χ0n) is 13.4. The van der Waals surface area contributed by atoms with Crippen LogP contribution in [-0.4, -0.2) is 86.1 Å². The number of nitrogens with zero attached hydrogens (tertiary/aromatic N) is 5. The molecule has 2 aliphatic rings. The second-order valence-corrected chi connectivity index (χ2v) is 6.04. The number of aromatic nitrogens is 4. The molecule has 0 spiro atoms. The molecule has 2 saturated heterocycles. The Hall–Kier alpha value is -2.05. The van der Waals surface area contributed by atoms with Gasteiger partial charge < -0.3 is 35.4 Å². The van der Waals surface area contributed by atoms with Crippen LogP contribution in [0.5, 0.6) is 0 Å². The van der Waals surface area contributed by atoms with Crippen LogP contribution in [-0.2, 0) is 9.47 Å². The molecule has 4 rings (SSSR count). The highest BCUT2D eigenvalue weighted by Crippen LogP contribution is 2.36. The molecular formula is C14H20N6O5. The van der Waals surface area contributed by atoms with Crippen molar-refractivity contribution in [2.24, 2.45) is 0 Å². The average Bonchev–Trinajstić information content (AvgIpc) is 3.15. The van der Waals surface area contributed by atoms with Gasteiger partial charge in [0.2, 0.25) is 5.95 Å². The fraction of sp³-hybridized carbons (Fsp3) is 0.643. The molecule has 2 aromatic rings. The molecule has 11 nitrogen and oxygen atoms in total. The quantitative estimate of drug-likeness (QED) is 0.481. The van der Waals surface area contributed by atoms with E-state index < -0.39 is 31.1 Å². The Bertz CT molecular complexity index is 763. The highest BCUT2D eigenvalue weighted by molar-refractivity contribution is 5.84. The van der Waals surface area contributed by atoms with Gasteiger partial charge in [0.05, 0.1) is 19.8 Å². The normalized spacial score (nSPS) is 30.3. The third-order valence-corrected chi connectivity index (χ3v) is 4.55. The van der Waals surface area contributed by atoms with Gasteiger partial charge in [0.15, 0.2) is 23.2 Å². The smallest absolute Gasteiger partial charge is 0.210 e. The molecule has 0 unspecified atom stereocenters. The molecule has 2 aromatic heterocycles. The van der Waals surface area contributed by atoms with Crippen LogP contribution < -0.4 is 10.6 Å². The van der Waals surface area contributed by atoms with Crippen molar-refractivity contribution in [3.63, 3.8) is 0 Å². The van der Waals surface area contributed by atoms with Crippen LogP contribution in [0.2, 0.25) is 0 Å². The first-order valence-corrected chi connectivity index (χ1v) is 8.05. The summed E-state index contributed by atoms with van der Waals surface area (Å²) in [5.41, 5.74) is 6.70. The van der Waals surface area contributed by atoms with Crippen LogP contribution in [0.15, 0.2) is 6.33 Å². The van der Waals surface area contributed by atoms with Gasteiger partial charge in [0, 0.05) is 13.1 Å². The summed E-state index contributed by atoms with van der Waals surface area (Å²) in [7, 11) is 0. The molecule has 2 fully saturated rings. The second kappa shape index (κ2) is 6.35. The molecule has 5 N–H and O–H groups in total. The SMILES string of the molecule is Nc1ncnc2c1nc(N1CCOCC1)n2[C@H]1O[C@H](CO)[C@@H](O)[C@H]1O. The number of nitrogens with two attached hydrogens (primary N) is 1. The molecule has 0 radical (unpaired) electrons. The molecule has 4 atom stereocenters. The van der Waals surface area contributed by atoms with Gasteiger partial charge in [0.1, 0.15) is 24.6 Å². The van der Waals surface area contributed by atoms with Crippen LogP contribution in [0.25, 0.3) is 11.2 Å². The molecule has 0 bridgehead atoms. The number of aliphatic hydroxyl groups excluding tert-OH is 3. The fourth-order valence-electron chi connectivity index (χ4n) is 3.23. The Morgan fingerprint density at radius 1 is 1.20 bits per heavy atom. The van der Waals surface area contributed by atoms with E-state index in [1.54, 1.807) is 4.57 Å². The average molecular weight is 352 g/mol. The van der Waals surface area contributed by atoms with E-state index >= 15 is 0 Å². The van der Waals surface area contributed by atoms with Crippen molar-refractivity contribution in [2.75, 3.05) is 43.5 Å². The van der Waals surface area contributed by atoms with Crippen molar-refractivity contribution < 1.29 is 24.8 Å². The first-order valence-electron chi connectivity index (χ1n) is 8.05. The number of morpholine rings is 1. The van der Waals surface area contributed by atoms with Gasteiger partial charge in [-0.3, -0.25) is 4.57 Å². The summed E-state index contributed by atoms with van der Waals surface area (Å²) in [6, 6.07) is 0. The maximum absolute atomic E-state index is 10.4. The van der Waals surface area contributed by atoms with E-state index in [0.717, 1.165) is 0 Å². The molecule has 0 aliphatic carbocycles. The summed E-state index contributed by atoms with van der Waals surface area (Å²) in [5.74, 6) is 0.713. The molecular weight excluding hydrogens is 332 g/mol. The third-order valence-electron chi connectivity index (χ3n) is 4.55. The minimum atomic E-state index is -1.24. The van der Waals surface area contributed by atoms with Crippen molar-refractivity contribution in [3.05, 3.63) is 6.33 Å². The van der Waals surface area contributed by atoms with Crippen molar-refractivity contribution in [2.45, 2.75) is 24.5 Å². The predicted octanol–water partition coefficient (Wildman–Crippen LogP) is -2.14. The lowest BCUT2D eigenvalue weighted by molar-refractivity contribution is -0.0506. The van der Waals surface area contributed by atoms with Gasteiger partial charge in [-0.15, -0.1) is 0 Å². The number of hydrogen-bond acceptors (Lipinski definition) is 10. The summed E-state index contributed by atoms with van der Waals surface area (Å²) < 4.78 is 12.6. The monoisotopic (exact) mass is 352 g/mol. The van der Waals surface area contributed by atoms with Gasteiger partial charge in [0.25, 0.3) is 0 Å². The minimum absolute atomic E-state index is 0.213. The number of ether oxygens (including phenoxy) is 2. The number of fused-ring (bicyclic) bond motifs is 1. The van der Waals surface area contributed by atoms with Crippen LogP contribution in [0.3, 0.4) is 0 Å². The fourth-order valence-corrected chi connectivity index (χ4v) is 3.23. The van der Waals surface area contributed by atoms with Gasteiger partial charge in [-0.1, -0.05) is 0 Å². The lowest BCUT2D eigenvalue weighted by Gasteiger charge is -2.30. The summed E-state index contributed by atoms with van der Waals surface area (Å²) in [6.07, 6.45) is -3.01. The topological polar surface area (TPSA) is 152 Å². The molecule has 4 heterocycles. The van der Waals surface area contributed by atoms with Crippen LogP contribution >= 0.6 is 0 Å². The highest BCUT2D eigenvalue weighted by Gasteiger charge is 2.45. The summed E-state index contributed by atoms with van der Waals surface area (Å²) in [6.45, 7) is 1.88. The Morgan fingerprint density at radius 2 is 1.96 bits per heavy atom. The number of rotatable bonds is 3. The Balaban J connectivity index is 1.84. The van der Waals surface area contributed by atoms with Crippen molar-refractivity contribution in [1.29, 1.82) is 0 Å². The van der Waals surface area contributed by atoms with E-state index in [4.69, 9.17) is 15.2 Å². The van der Waals surface area contributed by atoms with E-state index in [9.17, 15) is 15.3 Å². The Labute approximate surface area is 142 Å². The number of aliphatic hydroxyl groups is 3. The summed E-state index contributed by atoms with van der Waals surface area (Å²) in [4.78, 5) is 14.7. The van der Waals surface area contributed by atoms with Crippen LogP contribution in [0.1, 0.15) is 6.23 Å². The zero-order valence-corrected chi connectivity index (χ0v) is 13.4. The molecule has 0 amide bonds. The summed E-state index contributed by atoms with van der Waals surface area (Å²) >= 11 is 0. The number of imidazole rings is 1. The molecule has 2 aliphatic heterocycles. The van der Waals surface area contributed by atoms with Crippen molar-refractivity contribution in [1.82, 2.24) is 19.5 Å². The lowest BCUT2D eigenvalue weighted by Crippen LogP contribution is -2.39. The van der Waals surface area contributed by atoms with E-state index in [0.29, 0.717) is 43.4 Å². The number of nitrogen functional groups attached to an aromatic ring is 1. The Kier molecular flexibility index (Phi) is 4.17. The molecule has 136 valence electrons. The largest absolute Gasteiger partial charge is 0.394 e. The maximum atomic E-state index is 10.4. The first-order chi connectivity index (χ1) is 12.1. The van der Waals surface area contributed by atoms with Crippen LogP contribution in [0.4, 0.5) is 11.8 Å². The zero-order chi connectivity index (χ0) is 17.6. The standard InChI is InChI=1S/C14H20N6O5/c15-11-8-12(17-6-16-11)20(13-10(23)9(22)7(5-21)25-13)14(18-8)19-1-3-24-4-2-19/h6-7,9-10,13,21-23H,1-5H2,(H2,15,16,17)/t7-,9-,10-,13+/m1/s1. The van der Waals surface area contributed by atoms with E-state index in [1.165, 1.54) is 6.33 Å². The van der Waals surface area contributed by atoms with Gasteiger partial charge in [-0.2, -0.15) is 0 Å². The number of anilines is 2. The van der Waals surface area contributed by atoms with Gasteiger partial charge >= 0.3 is 0 Å². The molecule has 0 saturated carbocycles. The van der Waals surface area contributed by atoms with Crippen LogP contribution in [0, 0.1) is 0 Å². The first kappa shape index (κ1) is 16.4. The molecule has 11 heteroatoms. The Morgan fingerprint density at radius 3 is 2.64 bits per heavy atom. The minimum Gasteiger partial charge on any atom is -0.394 e. The predicted molar refractivity (Wildman–Crippen MR) is 85.8 cm³/mol. The third kappa shape index (κ3) is 2.60. The second-order valence-electron chi connectivity index (χ2n) is 6.04. The maximum Gasteiger partial charge on any atom is 0.210 e. The number of hydrogen-bond donors (Lipinski definition) is 4. The van der Waals surface area contributed by atoms with Crippen molar-refractivity contribution in [3.8, 4) is 0 Å². The van der Waals surface area contributed by atoms with Crippen molar-refractivity contribution >= 4 is 22.9 Å². The molecule has 0 aromatic carbocycles. The van der Waals surface area contributed by atoms with Gasteiger partial charge in [-0.05, 0) is 0 Å². The highest BCUT2D eigenvalue weighted by atomic mass is 16.6.